The maximum Gasteiger partial charge on any atom is 0.0788 e. The monoisotopic (exact) mass is 725 g/mol. The lowest BCUT2D eigenvalue weighted by atomic mass is 9.95. The molecule has 0 atom stereocenters. The zero-order chi connectivity index (χ0) is 37.5. The van der Waals surface area contributed by atoms with Crippen molar-refractivity contribution in [1.82, 2.24) is 13.7 Å². The van der Waals surface area contributed by atoms with E-state index in [4.69, 9.17) is 0 Å². The van der Waals surface area contributed by atoms with Crippen molar-refractivity contribution in [2.75, 3.05) is 0 Å². The first-order chi connectivity index (χ1) is 28.3. The summed E-state index contributed by atoms with van der Waals surface area (Å²) < 4.78 is 7.40. The Balaban J connectivity index is 1.13. The molecule has 9 aromatic carbocycles. The van der Waals surface area contributed by atoms with Crippen molar-refractivity contribution in [1.29, 1.82) is 0 Å². The normalized spacial score (nSPS) is 11.9. The van der Waals surface area contributed by atoms with Gasteiger partial charge in [0.1, 0.15) is 0 Å². The quantitative estimate of drug-likeness (QED) is 0.168. The lowest BCUT2D eigenvalue weighted by Gasteiger charge is -2.19. The third-order valence-electron chi connectivity index (χ3n) is 11.8. The van der Waals surface area contributed by atoms with Crippen LogP contribution in [-0.4, -0.2) is 13.7 Å². The van der Waals surface area contributed by atoms with Crippen molar-refractivity contribution in [3.05, 3.63) is 212 Å². The van der Waals surface area contributed by atoms with Crippen molar-refractivity contribution in [3.8, 4) is 39.3 Å². The molecule has 12 aromatic rings. The van der Waals surface area contributed by atoms with Crippen LogP contribution in [0.1, 0.15) is 0 Å². The highest BCUT2D eigenvalue weighted by Crippen LogP contribution is 2.44. The van der Waals surface area contributed by atoms with Gasteiger partial charge in [0, 0.05) is 54.8 Å². The van der Waals surface area contributed by atoms with Crippen LogP contribution in [0, 0.1) is 0 Å². The summed E-state index contributed by atoms with van der Waals surface area (Å²) in [7, 11) is 0. The molecule has 0 radical (unpaired) electrons. The molecule has 0 N–H and O–H groups in total. The molecule has 12 rings (SSSR count). The van der Waals surface area contributed by atoms with Crippen LogP contribution in [0.4, 0.5) is 0 Å². The van der Waals surface area contributed by atoms with Gasteiger partial charge in [0.25, 0.3) is 0 Å². The minimum absolute atomic E-state index is 1.12. The van der Waals surface area contributed by atoms with E-state index < -0.39 is 0 Å². The Bertz CT molecular complexity index is 3440. The van der Waals surface area contributed by atoms with E-state index in [1.807, 2.05) is 0 Å². The summed E-state index contributed by atoms with van der Waals surface area (Å²) >= 11 is 0. The Morgan fingerprint density at radius 1 is 0.228 bits per heavy atom. The fourth-order valence-corrected chi connectivity index (χ4v) is 9.44. The third-order valence-corrected chi connectivity index (χ3v) is 11.8. The molecule has 0 saturated carbocycles. The van der Waals surface area contributed by atoms with Crippen LogP contribution < -0.4 is 0 Å². The Morgan fingerprint density at radius 2 is 0.596 bits per heavy atom. The Labute approximate surface area is 329 Å². The summed E-state index contributed by atoms with van der Waals surface area (Å²) in [5.74, 6) is 0. The molecule has 0 aliphatic rings. The predicted molar refractivity (Wildman–Crippen MR) is 240 cm³/mol. The summed E-state index contributed by atoms with van der Waals surface area (Å²) in [5.41, 5.74) is 15.4. The van der Waals surface area contributed by atoms with Gasteiger partial charge in [-0.1, -0.05) is 164 Å². The molecule has 3 nitrogen and oxygen atoms in total. The molecule has 266 valence electrons. The molecule has 0 unspecified atom stereocenters. The van der Waals surface area contributed by atoms with Gasteiger partial charge >= 0.3 is 0 Å². The summed E-state index contributed by atoms with van der Waals surface area (Å²) in [6.45, 7) is 0. The van der Waals surface area contributed by atoms with Crippen LogP contribution in [0.15, 0.2) is 212 Å². The lowest BCUT2D eigenvalue weighted by Crippen LogP contribution is -2.01. The summed E-state index contributed by atoms with van der Waals surface area (Å²) in [4.78, 5) is 0. The summed E-state index contributed by atoms with van der Waals surface area (Å²) in [6.07, 6.45) is 0. The van der Waals surface area contributed by atoms with Crippen molar-refractivity contribution in [2.24, 2.45) is 0 Å². The van der Waals surface area contributed by atoms with Gasteiger partial charge in [-0.15, -0.1) is 0 Å². The van der Waals surface area contributed by atoms with Crippen molar-refractivity contribution in [2.45, 2.75) is 0 Å². The number of fused-ring (bicyclic) bond motifs is 10. The molecular formula is C54H35N3. The van der Waals surface area contributed by atoms with Crippen LogP contribution in [0.2, 0.25) is 0 Å². The molecule has 0 spiro atoms. The van der Waals surface area contributed by atoms with Crippen LogP contribution in [0.3, 0.4) is 0 Å². The van der Waals surface area contributed by atoms with E-state index in [9.17, 15) is 0 Å². The number of benzene rings is 9. The number of hydrogen-bond acceptors (Lipinski definition) is 0. The predicted octanol–water partition coefficient (Wildman–Crippen LogP) is 14.3. The number of rotatable bonds is 5. The van der Waals surface area contributed by atoms with Crippen LogP contribution >= 0.6 is 0 Å². The van der Waals surface area contributed by atoms with Gasteiger partial charge in [0.2, 0.25) is 0 Å². The van der Waals surface area contributed by atoms with Crippen molar-refractivity contribution in [3.63, 3.8) is 0 Å². The highest BCUT2D eigenvalue weighted by atomic mass is 15.0. The molecule has 0 fully saturated rings. The SMILES string of the molecule is c1ccc(-c2cccc(-c3ccc(-n4c5ccccc5c5ccc6c7ccccc7n(-c7ccccc7)c6c54)cc3)c2-n2c3ccccc3c3ccccc32)cc1. The van der Waals surface area contributed by atoms with Crippen molar-refractivity contribution >= 4 is 65.4 Å². The zero-order valence-corrected chi connectivity index (χ0v) is 31.0. The van der Waals surface area contributed by atoms with Gasteiger partial charge < -0.3 is 13.7 Å². The highest BCUT2D eigenvalue weighted by Gasteiger charge is 2.22. The third kappa shape index (κ3) is 4.66. The van der Waals surface area contributed by atoms with E-state index in [0.717, 1.165) is 16.9 Å². The maximum atomic E-state index is 2.48. The fraction of sp³-hybridized carbons (Fsp3) is 0. The lowest BCUT2D eigenvalue weighted by molar-refractivity contribution is 1.15. The van der Waals surface area contributed by atoms with Gasteiger partial charge in [0.05, 0.1) is 38.8 Å². The number of para-hydroxylation sites is 6. The Hall–Kier alpha value is -7.62. The van der Waals surface area contributed by atoms with E-state index in [1.54, 1.807) is 0 Å². The average Bonchev–Trinajstić information content (AvgIpc) is 3.93. The minimum Gasteiger partial charge on any atom is -0.308 e. The molecule has 0 saturated heterocycles. The number of hydrogen-bond donors (Lipinski definition) is 0. The van der Waals surface area contributed by atoms with Gasteiger partial charge in [0.15, 0.2) is 0 Å². The maximum absolute atomic E-state index is 2.48. The van der Waals surface area contributed by atoms with Gasteiger partial charge in [-0.3, -0.25) is 0 Å². The van der Waals surface area contributed by atoms with E-state index in [2.05, 4.69) is 226 Å². The topological polar surface area (TPSA) is 14.8 Å². The molecular weight excluding hydrogens is 691 g/mol. The standard InChI is InChI=1S/C54H35N3/c1-3-16-36(17-4-1)40-24-15-25-41(52(40)57-50-28-13-7-20-42(50)43-21-8-14-29-51(43)57)37-30-32-39(33-31-37)56-49-27-12-10-23-45(49)47-35-34-46-44-22-9-11-26-48(44)55(53(46)54(47)56)38-18-5-2-6-19-38/h1-35H. The molecule has 3 aromatic heterocycles. The second-order valence-electron chi connectivity index (χ2n) is 14.9. The molecule has 3 heterocycles. The van der Waals surface area contributed by atoms with E-state index in [-0.39, 0.29) is 0 Å². The fourth-order valence-electron chi connectivity index (χ4n) is 9.44. The van der Waals surface area contributed by atoms with Gasteiger partial charge in [-0.05, 0) is 59.7 Å². The summed E-state index contributed by atoms with van der Waals surface area (Å²) in [6, 6.07) is 77.4. The van der Waals surface area contributed by atoms with Crippen molar-refractivity contribution < 1.29 is 0 Å². The van der Waals surface area contributed by atoms with E-state index in [1.165, 1.54) is 87.8 Å². The van der Waals surface area contributed by atoms with Crippen LogP contribution in [0.25, 0.3) is 105 Å². The smallest absolute Gasteiger partial charge is 0.0788 e. The molecule has 0 aliphatic heterocycles. The Morgan fingerprint density at radius 3 is 1.09 bits per heavy atom. The molecule has 0 amide bonds. The average molecular weight is 726 g/mol. The first kappa shape index (κ1) is 31.7. The van der Waals surface area contributed by atoms with Gasteiger partial charge in [-0.2, -0.15) is 0 Å². The second-order valence-corrected chi connectivity index (χ2v) is 14.9. The van der Waals surface area contributed by atoms with Gasteiger partial charge in [-0.25, -0.2) is 0 Å². The molecule has 0 aliphatic carbocycles. The second kappa shape index (κ2) is 12.5. The number of aromatic nitrogens is 3. The van der Waals surface area contributed by atoms with E-state index in [0.29, 0.717) is 0 Å². The molecule has 3 heteroatoms. The minimum atomic E-state index is 1.12. The number of nitrogens with zero attached hydrogens (tertiary/aromatic N) is 3. The molecule has 57 heavy (non-hydrogen) atoms. The van der Waals surface area contributed by atoms with Crippen LogP contribution in [-0.2, 0) is 0 Å². The highest BCUT2D eigenvalue weighted by molar-refractivity contribution is 6.24. The largest absolute Gasteiger partial charge is 0.308 e. The first-order valence-electron chi connectivity index (χ1n) is 19.6. The first-order valence-corrected chi connectivity index (χ1v) is 19.6. The van der Waals surface area contributed by atoms with Crippen LogP contribution in [0.5, 0.6) is 0 Å². The Kier molecular flexibility index (Phi) is 6.93. The molecule has 0 bridgehead atoms. The zero-order valence-electron chi connectivity index (χ0n) is 31.0. The van der Waals surface area contributed by atoms with E-state index >= 15 is 0 Å². The summed E-state index contributed by atoms with van der Waals surface area (Å²) in [5, 5.41) is 7.49.